The Labute approximate surface area is 108 Å². The van der Waals surface area contributed by atoms with Gasteiger partial charge in [-0.05, 0) is 30.5 Å². The lowest BCUT2D eigenvalue weighted by molar-refractivity contribution is 0.669. The van der Waals surface area contributed by atoms with Gasteiger partial charge in [0, 0.05) is 25.2 Å². The average molecular weight is 238 g/mol. The first kappa shape index (κ1) is 11.3. The first-order valence-electron chi connectivity index (χ1n) is 6.48. The molecule has 1 aliphatic carbocycles. The highest BCUT2D eigenvalue weighted by Crippen LogP contribution is 2.48. The van der Waals surface area contributed by atoms with Crippen LogP contribution >= 0.6 is 0 Å². The van der Waals surface area contributed by atoms with Crippen molar-refractivity contribution in [1.29, 1.82) is 0 Å². The molecule has 1 aliphatic rings. The van der Waals surface area contributed by atoms with Gasteiger partial charge in [0.05, 0.1) is 0 Å². The molecule has 1 heterocycles. The van der Waals surface area contributed by atoms with Crippen molar-refractivity contribution < 1.29 is 0 Å². The van der Waals surface area contributed by atoms with E-state index >= 15 is 0 Å². The standard InChI is InChI=1S/C16H18N2/c1-18(15-9-5-6-12-17-15)13-16(10-11-16)14-7-3-2-4-8-14/h2-9,12H,10-11,13H2,1H3. The molecular weight excluding hydrogens is 220 g/mol. The quantitative estimate of drug-likeness (QED) is 0.813. The van der Waals surface area contributed by atoms with Crippen molar-refractivity contribution in [3.63, 3.8) is 0 Å². The summed E-state index contributed by atoms with van der Waals surface area (Å²) in [7, 11) is 2.13. The van der Waals surface area contributed by atoms with Gasteiger partial charge >= 0.3 is 0 Å². The van der Waals surface area contributed by atoms with Gasteiger partial charge in [-0.1, -0.05) is 36.4 Å². The molecule has 18 heavy (non-hydrogen) atoms. The molecule has 2 aromatic rings. The normalized spacial score (nSPS) is 16.3. The van der Waals surface area contributed by atoms with E-state index in [1.165, 1.54) is 18.4 Å². The fourth-order valence-electron chi connectivity index (χ4n) is 2.60. The van der Waals surface area contributed by atoms with E-state index in [1.807, 2.05) is 18.3 Å². The van der Waals surface area contributed by atoms with Gasteiger partial charge in [0.15, 0.2) is 0 Å². The van der Waals surface area contributed by atoms with Crippen LogP contribution in [0.1, 0.15) is 18.4 Å². The SMILES string of the molecule is CN(CC1(c2ccccc2)CC1)c1ccccn1. The lowest BCUT2D eigenvalue weighted by Crippen LogP contribution is -2.29. The van der Waals surface area contributed by atoms with Gasteiger partial charge in [-0.2, -0.15) is 0 Å². The number of aromatic nitrogens is 1. The van der Waals surface area contributed by atoms with Gasteiger partial charge in [0.2, 0.25) is 0 Å². The molecule has 0 atom stereocenters. The Kier molecular flexibility index (Phi) is 2.78. The number of nitrogens with zero attached hydrogens (tertiary/aromatic N) is 2. The van der Waals surface area contributed by atoms with Crippen LogP contribution < -0.4 is 4.90 Å². The molecule has 1 aromatic carbocycles. The van der Waals surface area contributed by atoms with Crippen molar-refractivity contribution in [2.75, 3.05) is 18.5 Å². The summed E-state index contributed by atoms with van der Waals surface area (Å²) in [6.45, 7) is 1.05. The van der Waals surface area contributed by atoms with E-state index in [9.17, 15) is 0 Å². The number of hydrogen-bond donors (Lipinski definition) is 0. The summed E-state index contributed by atoms with van der Waals surface area (Å²) in [6.07, 6.45) is 4.43. The van der Waals surface area contributed by atoms with Crippen LogP contribution in [0, 0.1) is 0 Å². The zero-order valence-corrected chi connectivity index (χ0v) is 10.7. The molecule has 1 aromatic heterocycles. The number of pyridine rings is 1. The first-order chi connectivity index (χ1) is 8.80. The maximum atomic E-state index is 4.41. The lowest BCUT2D eigenvalue weighted by Gasteiger charge is -2.25. The van der Waals surface area contributed by atoms with Gasteiger partial charge in [-0.15, -0.1) is 0 Å². The van der Waals surface area contributed by atoms with Crippen molar-refractivity contribution in [2.24, 2.45) is 0 Å². The second-order valence-electron chi connectivity index (χ2n) is 5.19. The van der Waals surface area contributed by atoms with Crippen LogP contribution in [0.25, 0.3) is 0 Å². The van der Waals surface area contributed by atoms with Gasteiger partial charge in [0.1, 0.15) is 5.82 Å². The Balaban J connectivity index is 1.77. The molecule has 0 saturated heterocycles. The highest BCUT2D eigenvalue weighted by atomic mass is 15.2. The van der Waals surface area contributed by atoms with E-state index in [2.05, 4.69) is 53.3 Å². The van der Waals surface area contributed by atoms with Crippen LogP contribution in [0.5, 0.6) is 0 Å². The summed E-state index contributed by atoms with van der Waals surface area (Å²) < 4.78 is 0. The summed E-state index contributed by atoms with van der Waals surface area (Å²) in [5.74, 6) is 1.06. The minimum absolute atomic E-state index is 0.355. The minimum atomic E-state index is 0.355. The van der Waals surface area contributed by atoms with Gasteiger partial charge in [-0.3, -0.25) is 0 Å². The third-order valence-electron chi connectivity index (χ3n) is 3.82. The van der Waals surface area contributed by atoms with Crippen LogP contribution in [0.15, 0.2) is 54.7 Å². The Bertz CT molecular complexity index is 503. The highest BCUT2D eigenvalue weighted by Gasteiger charge is 2.44. The molecule has 2 nitrogen and oxygen atoms in total. The second-order valence-corrected chi connectivity index (χ2v) is 5.19. The molecule has 0 unspecified atom stereocenters. The highest BCUT2D eigenvalue weighted by molar-refractivity contribution is 5.41. The van der Waals surface area contributed by atoms with Crippen LogP contribution in [0.4, 0.5) is 5.82 Å². The maximum Gasteiger partial charge on any atom is 0.128 e. The molecule has 0 aliphatic heterocycles. The maximum absolute atomic E-state index is 4.41. The summed E-state index contributed by atoms with van der Waals surface area (Å²) in [6, 6.07) is 16.9. The molecule has 0 radical (unpaired) electrons. The zero-order chi connectivity index (χ0) is 12.4. The third-order valence-corrected chi connectivity index (χ3v) is 3.82. The van der Waals surface area contributed by atoms with E-state index in [1.54, 1.807) is 0 Å². The third kappa shape index (κ3) is 2.10. The molecule has 0 amide bonds. The van der Waals surface area contributed by atoms with E-state index < -0.39 is 0 Å². The topological polar surface area (TPSA) is 16.1 Å². The summed E-state index contributed by atoms with van der Waals surface area (Å²) in [5, 5.41) is 0. The van der Waals surface area contributed by atoms with Crippen LogP contribution in [-0.2, 0) is 5.41 Å². The Hall–Kier alpha value is -1.83. The molecule has 3 rings (SSSR count). The Morgan fingerprint density at radius 2 is 1.78 bits per heavy atom. The molecule has 0 N–H and O–H groups in total. The summed E-state index contributed by atoms with van der Waals surface area (Å²) >= 11 is 0. The Morgan fingerprint density at radius 1 is 1.06 bits per heavy atom. The fraction of sp³-hybridized carbons (Fsp3) is 0.312. The predicted molar refractivity (Wildman–Crippen MR) is 74.9 cm³/mol. The predicted octanol–water partition coefficient (Wildman–Crippen LogP) is 3.25. The van der Waals surface area contributed by atoms with Crippen LogP contribution in [0.3, 0.4) is 0 Å². The molecule has 1 saturated carbocycles. The van der Waals surface area contributed by atoms with Crippen molar-refractivity contribution in [1.82, 2.24) is 4.98 Å². The van der Waals surface area contributed by atoms with Gasteiger partial charge < -0.3 is 4.90 Å². The smallest absolute Gasteiger partial charge is 0.128 e. The Morgan fingerprint density at radius 3 is 2.39 bits per heavy atom. The number of rotatable bonds is 4. The minimum Gasteiger partial charge on any atom is -0.359 e. The van der Waals surface area contributed by atoms with Crippen molar-refractivity contribution in [3.8, 4) is 0 Å². The van der Waals surface area contributed by atoms with E-state index in [0.717, 1.165) is 12.4 Å². The largest absolute Gasteiger partial charge is 0.359 e. The van der Waals surface area contributed by atoms with Crippen molar-refractivity contribution >= 4 is 5.82 Å². The molecule has 2 heteroatoms. The van der Waals surface area contributed by atoms with Crippen molar-refractivity contribution in [2.45, 2.75) is 18.3 Å². The zero-order valence-electron chi connectivity index (χ0n) is 10.7. The summed E-state index contributed by atoms with van der Waals surface area (Å²) in [4.78, 5) is 6.67. The molecule has 0 spiro atoms. The number of anilines is 1. The molecule has 1 fully saturated rings. The first-order valence-corrected chi connectivity index (χ1v) is 6.48. The average Bonchev–Trinajstić information content (AvgIpc) is 3.22. The summed E-state index contributed by atoms with van der Waals surface area (Å²) in [5.41, 5.74) is 1.82. The van der Waals surface area contributed by atoms with Gasteiger partial charge in [0.25, 0.3) is 0 Å². The fourth-order valence-corrected chi connectivity index (χ4v) is 2.60. The number of hydrogen-bond acceptors (Lipinski definition) is 2. The van der Waals surface area contributed by atoms with Crippen molar-refractivity contribution in [3.05, 3.63) is 60.3 Å². The number of likely N-dealkylation sites (N-methyl/N-ethyl adjacent to an activating group) is 1. The second kappa shape index (κ2) is 4.45. The molecular formula is C16H18N2. The molecule has 92 valence electrons. The van der Waals surface area contributed by atoms with E-state index in [0.29, 0.717) is 5.41 Å². The van der Waals surface area contributed by atoms with Crippen LogP contribution in [-0.4, -0.2) is 18.6 Å². The van der Waals surface area contributed by atoms with E-state index in [-0.39, 0.29) is 0 Å². The lowest BCUT2D eigenvalue weighted by atomic mass is 9.95. The molecule has 0 bridgehead atoms. The number of benzene rings is 1. The monoisotopic (exact) mass is 238 g/mol. The van der Waals surface area contributed by atoms with E-state index in [4.69, 9.17) is 0 Å². The van der Waals surface area contributed by atoms with Crippen LogP contribution in [0.2, 0.25) is 0 Å². The van der Waals surface area contributed by atoms with Gasteiger partial charge in [-0.25, -0.2) is 4.98 Å².